The van der Waals surface area contributed by atoms with Gasteiger partial charge in [-0.15, -0.1) is 0 Å². The van der Waals surface area contributed by atoms with Crippen molar-refractivity contribution in [3.8, 4) is 0 Å². The van der Waals surface area contributed by atoms with Gasteiger partial charge in [-0.1, -0.05) is 0 Å². The van der Waals surface area contributed by atoms with Crippen LogP contribution in [0.15, 0.2) is 12.4 Å². The molecule has 2 rings (SSSR count). The predicted molar refractivity (Wildman–Crippen MR) is 66.4 cm³/mol. The maximum Gasteiger partial charge on any atom is 0.326 e. The van der Waals surface area contributed by atoms with Crippen molar-refractivity contribution in [3.05, 3.63) is 23.8 Å². The molecular formula is C12H16N4O3. The van der Waals surface area contributed by atoms with Crippen molar-refractivity contribution in [2.24, 2.45) is 0 Å². The quantitative estimate of drug-likeness (QED) is 0.831. The molecule has 2 amide bonds. The molecule has 7 heteroatoms. The molecule has 1 aromatic rings. The molecule has 2 N–H and O–H groups in total. The Kier molecular flexibility index (Phi) is 3.94. The van der Waals surface area contributed by atoms with E-state index in [9.17, 15) is 9.59 Å². The topological polar surface area (TPSA) is 95.4 Å². The lowest BCUT2D eigenvalue weighted by molar-refractivity contribution is -0.141. The zero-order valence-electron chi connectivity index (χ0n) is 10.7. The Hall–Kier alpha value is -2.18. The second kappa shape index (κ2) is 5.64. The molecule has 0 unspecified atom stereocenters. The fourth-order valence-electron chi connectivity index (χ4n) is 2.04. The molecule has 0 bridgehead atoms. The number of amides is 2. The number of carboxylic acids is 1. The fourth-order valence-corrected chi connectivity index (χ4v) is 2.04. The van der Waals surface area contributed by atoms with Crippen molar-refractivity contribution >= 4 is 12.0 Å². The van der Waals surface area contributed by atoms with Crippen molar-refractivity contribution in [1.82, 2.24) is 20.2 Å². The van der Waals surface area contributed by atoms with E-state index in [1.807, 2.05) is 6.92 Å². The minimum Gasteiger partial charge on any atom is -0.480 e. The number of rotatable bonds is 3. The van der Waals surface area contributed by atoms with Crippen LogP contribution < -0.4 is 5.32 Å². The van der Waals surface area contributed by atoms with Crippen molar-refractivity contribution in [2.45, 2.75) is 32.4 Å². The lowest BCUT2D eigenvalue weighted by atomic mass is 10.2. The van der Waals surface area contributed by atoms with Crippen LogP contribution in [0, 0.1) is 6.92 Å². The first kappa shape index (κ1) is 13.3. The molecule has 7 nitrogen and oxygen atoms in total. The van der Waals surface area contributed by atoms with Crippen molar-refractivity contribution in [3.63, 3.8) is 0 Å². The summed E-state index contributed by atoms with van der Waals surface area (Å²) in [6.07, 6.45) is 4.44. The molecule has 102 valence electrons. The van der Waals surface area contributed by atoms with Crippen LogP contribution in [-0.2, 0) is 11.3 Å². The van der Waals surface area contributed by atoms with Crippen LogP contribution in [0.2, 0.25) is 0 Å². The van der Waals surface area contributed by atoms with E-state index in [-0.39, 0.29) is 12.6 Å². The first-order valence-corrected chi connectivity index (χ1v) is 6.12. The summed E-state index contributed by atoms with van der Waals surface area (Å²) in [6, 6.07) is -1.09. The van der Waals surface area contributed by atoms with Gasteiger partial charge in [0.15, 0.2) is 0 Å². The number of carbonyl (C=O) groups excluding carboxylic acids is 1. The monoisotopic (exact) mass is 264 g/mol. The van der Waals surface area contributed by atoms with Gasteiger partial charge in [0, 0.05) is 12.7 Å². The van der Waals surface area contributed by atoms with Crippen LogP contribution in [0.25, 0.3) is 0 Å². The average Bonchev–Trinajstić information content (AvgIpc) is 2.87. The summed E-state index contributed by atoms with van der Waals surface area (Å²) in [7, 11) is 0. The molecule has 0 aliphatic carbocycles. The third kappa shape index (κ3) is 3.18. The number of carbonyl (C=O) groups is 2. The zero-order valence-corrected chi connectivity index (χ0v) is 10.7. The maximum atomic E-state index is 11.9. The summed E-state index contributed by atoms with van der Waals surface area (Å²) in [4.78, 5) is 32.4. The Morgan fingerprint density at radius 2 is 2.26 bits per heavy atom. The molecule has 19 heavy (non-hydrogen) atoms. The van der Waals surface area contributed by atoms with Gasteiger partial charge in [0.2, 0.25) is 0 Å². The Bertz CT molecular complexity index is 474. The number of nitrogens with zero attached hydrogens (tertiary/aromatic N) is 3. The highest BCUT2D eigenvalue weighted by Crippen LogP contribution is 2.17. The summed E-state index contributed by atoms with van der Waals surface area (Å²) < 4.78 is 0. The van der Waals surface area contributed by atoms with Gasteiger partial charge in [0.25, 0.3) is 0 Å². The molecule has 1 aliphatic rings. The third-order valence-electron chi connectivity index (χ3n) is 3.05. The molecule has 0 saturated carbocycles. The van der Waals surface area contributed by atoms with Gasteiger partial charge in [-0.25, -0.2) is 9.59 Å². The third-order valence-corrected chi connectivity index (χ3v) is 3.05. The largest absolute Gasteiger partial charge is 0.480 e. The summed E-state index contributed by atoms with van der Waals surface area (Å²) in [5.41, 5.74) is 1.45. The second-order valence-electron chi connectivity index (χ2n) is 4.50. The minimum atomic E-state index is -0.956. The molecule has 1 fully saturated rings. The number of aliphatic carboxylic acids is 1. The second-order valence-corrected chi connectivity index (χ2v) is 4.50. The number of hydrogen-bond acceptors (Lipinski definition) is 4. The molecule has 0 spiro atoms. The highest BCUT2D eigenvalue weighted by Gasteiger charge is 2.33. The molecular weight excluding hydrogens is 248 g/mol. The highest BCUT2D eigenvalue weighted by molar-refractivity contribution is 5.83. The standard InChI is InChI=1S/C12H16N4O3/c1-8-5-14-9(6-13-8)7-15-12(19)16-4-2-3-10(16)11(17)18/h5-6,10H,2-4,7H2,1H3,(H,15,19)(H,17,18)/t10-/m0/s1. The van der Waals surface area contributed by atoms with Crippen molar-refractivity contribution in [2.75, 3.05) is 6.54 Å². The first-order valence-electron chi connectivity index (χ1n) is 6.12. The number of aryl methyl sites for hydroxylation is 1. The summed E-state index contributed by atoms with van der Waals surface area (Å²) >= 11 is 0. The predicted octanol–water partition coefficient (Wildman–Crippen LogP) is 0.544. The number of nitrogens with one attached hydrogen (secondary N) is 1. The highest BCUT2D eigenvalue weighted by atomic mass is 16.4. The van der Waals surface area contributed by atoms with E-state index in [0.29, 0.717) is 25.1 Å². The van der Waals surface area contributed by atoms with Crippen LogP contribution in [0.1, 0.15) is 24.2 Å². The number of carboxylic acid groups (broad SMARTS) is 1. The van der Waals surface area contributed by atoms with Gasteiger partial charge >= 0.3 is 12.0 Å². The SMILES string of the molecule is Cc1cnc(CNC(=O)N2CCC[C@H]2C(=O)O)cn1. The Morgan fingerprint density at radius 1 is 1.47 bits per heavy atom. The lowest BCUT2D eigenvalue weighted by Crippen LogP contribution is -2.45. The molecule has 1 aliphatic heterocycles. The molecule has 0 radical (unpaired) electrons. The Morgan fingerprint density at radius 3 is 2.89 bits per heavy atom. The van der Waals surface area contributed by atoms with Gasteiger partial charge in [0.1, 0.15) is 6.04 Å². The van der Waals surface area contributed by atoms with E-state index < -0.39 is 12.0 Å². The van der Waals surface area contributed by atoms with Crippen LogP contribution >= 0.6 is 0 Å². The molecule has 0 aromatic carbocycles. The molecule has 1 atom stereocenters. The number of likely N-dealkylation sites (tertiary alicyclic amines) is 1. The van der Waals surface area contributed by atoms with Crippen LogP contribution in [0.5, 0.6) is 0 Å². The summed E-state index contributed by atoms with van der Waals surface area (Å²) in [5, 5.41) is 11.7. The molecule has 1 saturated heterocycles. The molecule has 1 aromatic heterocycles. The van der Waals surface area contributed by atoms with Crippen molar-refractivity contribution < 1.29 is 14.7 Å². The van der Waals surface area contributed by atoms with E-state index in [2.05, 4.69) is 15.3 Å². The Labute approximate surface area is 110 Å². The van der Waals surface area contributed by atoms with Crippen LogP contribution in [0.4, 0.5) is 4.79 Å². The number of urea groups is 1. The first-order chi connectivity index (χ1) is 9.08. The van der Waals surface area contributed by atoms with E-state index in [4.69, 9.17) is 5.11 Å². The van der Waals surface area contributed by atoms with Crippen LogP contribution in [-0.4, -0.2) is 44.6 Å². The average molecular weight is 264 g/mol. The van der Waals surface area contributed by atoms with Gasteiger partial charge in [-0.3, -0.25) is 9.97 Å². The summed E-state index contributed by atoms with van der Waals surface area (Å²) in [5.74, 6) is -0.956. The van der Waals surface area contributed by atoms with E-state index in [1.165, 1.54) is 4.90 Å². The number of aromatic nitrogens is 2. The normalized spacial score (nSPS) is 18.4. The molecule has 2 heterocycles. The van der Waals surface area contributed by atoms with Gasteiger partial charge in [-0.05, 0) is 19.8 Å². The van der Waals surface area contributed by atoms with Gasteiger partial charge in [0.05, 0.1) is 24.1 Å². The number of hydrogen-bond donors (Lipinski definition) is 2. The van der Waals surface area contributed by atoms with E-state index in [0.717, 1.165) is 5.69 Å². The smallest absolute Gasteiger partial charge is 0.326 e. The van der Waals surface area contributed by atoms with E-state index in [1.54, 1.807) is 12.4 Å². The zero-order chi connectivity index (χ0) is 13.8. The fraction of sp³-hybridized carbons (Fsp3) is 0.500. The van der Waals surface area contributed by atoms with E-state index >= 15 is 0 Å². The van der Waals surface area contributed by atoms with Crippen LogP contribution in [0.3, 0.4) is 0 Å². The van der Waals surface area contributed by atoms with Gasteiger partial charge in [-0.2, -0.15) is 0 Å². The van der Waals surface area contributed by atoms with Gasteiger partial charge < -0.3 is 15.3 Å². The van der Waals surface area contributed by atoms with Crippen molar-refractivity contribution in [1.29, 1.82) is 0 Å². The minimum absolute atomic E-state index is 0.245. The maximum absolute atomic E-state index is 11.9. The summed E-state index contributed by atoms with van der Waals surface area (Å²) in [6.45, 7) is 2.55. The Balaban J connectivity index is 1.90. The lowest BCUT2D eigenvalue weighted by Gasteiger charge is -2.21.